The second-order valence-electron chi connectivity index (χ2n) is 21.5. The highest BCUT2D eigenvalue weighted by molar-refractivity contribution is 6.75. The Hall–Kier alpha value is 0.548. The zero-order valence-electron chi connectivity index (χ0n) is 35.3. The molecule has 0 aromatic carbocycles. The average molecular weight is 763 g/mol. The molecular formula is C37H78O8Si4. The third kappa shape index (κ3) is 10.0. The van der Waals surface area contributed by atoms with Crippen molar-refractivity contribution >= 4 is 33.3 Å². The standard InChI is InChI=1S/C37H78O8Si4/c1-34(2,3)46(13,14)40-24-28-32(44-48(17,18)36(7,8)9)33(45-49(19,20)37(10,11)12)31(43-47(15,16)35(4,5)6)26(41-28)21-25-22-29-39-23-27(42-29)30(25)38/h25-33,38H,21-24H2,1-20H3/t25-,26+,27-,28-,29-,30-,31+,32+,33-/m1/s1. The van der Waals surface area contributed by atoms with Gasteiger partial charge in [-0.15, -0.1) is 0 Å². The smallest absolute Gasteiger partial charge is 0.192 e. The van der Waals surface area contributed by atoms with Gasteiger partial charge >= 0.3 is 0 Å². The van der Waals surface area contributed by atoms with Gasteiger partial charge in [-0.1, -0.05) is 83.1 Å². The molecule has 9 atom stereocenters. The number of fused-ring (bicyclic) bond motifs is 2. The Balaban J connectivity index is 2.23. The predicted octanol–water partition coefficient (Wildman–Crippen LogP) is 9.46. The van der Waals surface area contributed by atoms with Crippen molar-refractivity contribution in [2.45, 2.75) is 217 Å². The van der Waals surface area contributed by atoms with Crippen LogP contribution < -0.4 is 0 Å². The number of hydrogen-bond donors (Lipinski definition) is 1. The van der Waals surface area contributed by atoms with E-state index >= 15 is 0 Å². The van der Waals surface area contributed by atoms with Gasteiger partial charge in [0.2, 0.25) is 0 Å². The molecule has 0 aromatic heterocycles. The maximum absolute atomic E-state index is 11.5. The lowest BCUT2D eigenvalue weighted by molar-refractivity contribution is -0.227. The van der Waals surface area contributed by atoms with Gasteiger partial charge in [-0.05, 0) is 84.9 Å². The Morgan fingerprint density at radius 2 is 0.980 bits per heavy atom. The maximum Gasteiger partial charge on any atom is 0.192 e. The van der Waals surface area contributed by atoms with Crippen LogP contribution in [0.25, 0.3) is 0 Å². The first-order valence-electron chi connectivity index (χ1n) is 19.0. The van der Waals surface area contributed by atoms with Crippen molar-refractivity contribution in [2.24, 2.45) is 5.92 Å². The number of hydrogen-bond acceptors (Lipinski definition) is 8. The lowest BCUT2D eigenvalue weighted by Gasteiger charge is -2.55. The molecule has 3 rings (SSSR count). The van der Waals surface area contributed by atoms with E-state index in [9.17, 15) is 5.11 Å². The van der Waals surface area contributed by atoms with Gasteiger partial charge in [0.05, 0.1) is 31.5 Å². The average Bonchev–Trinajstić information content (AvgIpc) is 3.30. The van der Waals surface area contributed by atoms with Crippen LogP contribution in [0.5, 0.6) is 0 Å². The summed E-state index contributed by atoms with van der Waals surface area (Å²) in [5.74, 6) is -0.0462. The van der Waals surface area contributed by atoms with Crippen molar-refractivity contribution in [1.82, 2.24) is 0 Å². The molecule has 3 saturated heterocycles. The summed E-state index contributed by atoms with van der Waals surface area (Å²) in [6.07, 6.45) is -1.74. The lowest BCUT2D eigenvalue weighted by atomic mass is 9.83. The maximum atomic E-state index is 11.5. The van der Waals surface area contributed by atoms with Gasteiger partial charge in [-0.25, -0.2) is 0 Å². The first-order valence-corrected chi connectivity index (χ1v) is 30.6. The topological polar surface area (TPSA) is 84.8 Å². The van der Waals surface area contributed by atoms with E-state index in [1.54, 1.807) is 0 Å². The van der Waals surface area contributed by atoms with Gasteiger partial charge < -0.3 is 37.0 Å². The largest absolute Gasteiger partial charge is 0.414 e. The molecule has 0 unspecified atom stereocenters. The Morgan fingerprint density at radius 3 is 1.41 bits per heavy atom. The number of aliphatic hydroxyl groups excluding tert-OH is 1. The van der Waals surface area contributed by atoms with Gasteiger partial charge in [0.25, 0.3) is 0 Å². The molecule has 3 heterocycles. The van der Waals surface area contributed by atoms with E-state index in [2.05, 4.69) is 135 Å². The van der Waals surface area contributed by atoms with Gasteiger partial charge in [-0.3, -0.25) is 0 Å². The van der Waals surface area contributed by atoms with Crippen molar-refractivity contribution in [3.05, 3.63) is 0 Å². The molecule has 49 heavy (non-hydrogen) atoms. The van der Waals surface area contributed by atoms with Crippen LogP contribution in [-0.2, 0) is 31.9 Å². The van der Waals surface area contributed by atoms with E-state index in [-0.39, 0.29) is 69.0 Å². The van der Waals surface area contributed by atoms with Crippen molar-refractivity contribution in [3.63, 3.8) is 0 Å². The van der Waals surface area contributed by atoms with Crippen molar-refractivity contribution in [2.75, 3.05) is 13.2 Å². The van der Waals surface area contributed by atoms with Crippen LogP contribution >= 0.6 is 0 Å². The lowest BCUT2D eigenvalue weighted by Crippen LogP contribution is -2.68. The van der Waals surface area contributed by atoms with Crippen molar-refractivity contribution < 1.29 is 37.0 Å². The summed E-state index contributed by atoms with van der Waals surface area (Å²) < 4.78 is 48.8. The van der Waals surface area contributed by atoms with Crippen LogP contribution in [-0.4, -0.2) is 101 Å². The number of aliphatic hydroxyl groups is 1. The normalized spacial score (nSPS) is 32.9. The van der Waals surface area contributed by atoms with Crippen LogP contribution in [0.3, 0.4) is 0 Å². The van der Waals surface area contributed by atoms with E-state index in [1.165, 1.54) is 0 Å². The van der Waals surface area contributed by atoms with Crippen molar-refractivity contribution in [1.29, 1.82) is 0 Å². The van der Waals surface area contributed by atoms with E-state index in [4.69, 9.17) is 31.9 Å². The minimum absolute atomic E-state index is 0.0164. The van der Waals surface area contributed by atoms with Gasteiger partial charge in [0, 0.05) is 6.42 Å². The molecule has 3 aliphatic heterocycles. The first-order chi connectivity index (χ1) is 21.7. The molecule has 0 radical (unpaired) electrons. The van der Waals surface area contributed by atoms with Crippen LogP contribution in [0.1, 0.15) is 95.9 Å². The molecule has 0 aromatic rings. The molecule has 12 heteroatoms. The molecule has 0 spiro atoms. The molecule has 0 saturated carbocycles. The molecule has 3 aliphatic rings. The second-order valence-corrected chi connectivity index (χ2v) is 40.6. The molecule has 0 amide bonds. The molecule has 8 nitrogen and oxygen atoms in total. The van der Waals surface area contributed by atoms with E-state index in [1.807, 2.05) is 0 Å². The van der Waals surface area contributed by atoms with Crippen molar-refractivity contribution in [3.8, 4) is 0 Å². The number of rotatable bonds is 11. The minimum atomic E-state index is -2.35. The molecule has 2 bridgehead atoms. The van der Waals surface area contributed by atoms with Crippen LogP contribution in [0.4, 0.5) is 0 Å². The van der Waals surface area contributed by atoms with Crippen LogP contribution in [0.15, 0.2) is 0 Å². The summed E-state index contributed by atoms with van der Waals surface area (Å²) in [5.41, 5.74) is 0. The SMILES string of the molecule is CC(C)(C)[Si](C)(C)OC[C@H]1O[C@@H](C[C@@H]2C[C@@H]3OC[C@@H](O3)[C@@H]2O)[C@H](O[Si](C)(C)C(C)(C)C)[C@@H](O[Si](C)(C)C(C)(C)C)[C@H]1O[Si](C)(C)C(C)(C)C. The second kappa shape index (κ2) is 14.7. The summed E-state index contributed by atoms with van der Waals surface area (Å²) in [6, 6.07) is 0. The molecule has 1 N–H and O–H groups in total. The fourth-order valence-corrected chi connectivity index (χ4v) is 10.7. The third-order valence-electron chi connectivity index (χ3n) is 13.5. The van der Waals surface area contributed by atoms with Crippen LogP contribution in [0, 0.1) is 5.92 Å². The zero-order valence-corrected chi connectivity index (χ0v) is 39.3. The molecule has 0 aliphatic carbocycles. The summed E-state index contributed by atoms with van der Waals surface area (Å²) in [6.45, 7) is 46.9. The van der Waals surface area contributed by atoms with Gasteiger partial charge in [-0.2, -0.15) is 0 Å². The quantitative estimate of drug-likeness (QED) is 0.209. The highest BCUT2D eigenvalue weighted by atomic mass is 28.4. The zero-order chi connectivity index (χ0) is 38.0. The summed E-state index contributed by atoms with van der Waals surface area (Å²) in [4.78, 5) is 0. The summed E-state index contributed by atoms with van der Waals surface area (Å²) in [7, 11) is -9.15. The summed E-state index contributed by atoms with van der Waals surface area (Å²) >= 11 is 0. The Morgan fingerprint density at radius 1 is 0.571 bits per heavy atom. The highest BCUT2D eigenvalue weighted by Gasteiger charge is 2.57. The molecule has 3 fully saturated rings. The first kappa shape index (κ1) is 43.9. The van der Waals surface area contributed by atoms with Gasteiger partial charge in [0.1, 0.15) is 24.4 Å². The Kier molecular flexibility index (Phi) is 13.1. The van der Waals surface area contributed by atoms with E-state index in [0.717, 1.165) is 0 Å². The monoisotopic (exact) mass is 762 g/mol. The van der Waals surface area contributed by atoms with E-state index < -0.39 is 39.4 Å². The minimum Gasteiger partial charge on any atom is -0.414 e. The summed E-state index contributed by atoms with van der Waals surface area (Å²) in [5, 5.41) is 11.5. The molecular weight excluding hydrogens is 685 g/mol. The highest BCUT2D eigenvalue weighted by Crippen LogP contribution is 2.48. The number of ether oxygens (including phenoxy) is 3. The fourth-order valence-electron chi connectivity index (χ4n) is 5.79. The molecule has 290 valence electrons. The fraction of sp³-hybridized carbons (Fsp3) is 1.00. The Bertz CT molecular complexity index is 1100. The third-order valence-corrected chi connectivity index (χ3v) is 31.4. The van der Waals surface area contributed by atoms with E-state index in [0.29, 0.717) is 26.1 Å². The Labute approximate surface area is 305 Å². The predicted molar refractivity (Wildman–Crippen MR) is 211 cm³/mol. The van der Waals surface area contributed by atoms with Gasteiger partial charge in [0.15, 0.2) is 39.6 Å². The van der Waals surface area contributed by atoms with Crippen LogP contribution in [0.2, 0.25) is 72.5 Å².